The SMILES string of the molecule is CCOc1ccc(/C(C)=N\NC(=O)CN(c2ccc(OC)cc2)S(=O)(=O)c2ccc(C)cc2)cc1. The number of nitrogens with zero attached hydrogens (tertiary/aromatic N) is 2. The second-order valence-electron chi connectivity index (χ2n) is 7.71. The molecule has 35 heavy (non-hydrogen) atoms. The van der Waals surface area contributed by atoms with Crippen molar-refractivity contribution in [3.8, 4) is 11.5 Å². The van der Waals surface area contributed by atoms with Gasteiger partial charge in [0.1, 0.15) is 18.0 Å². The number of anilines is 1. The van der Waals surface area contributed by atoms with Gasteiger partial charge in [0.05, 0.1) is 30.0 Å². The molecule has 184 valence electrons. The van der Waals surface area contributed by atoms with E-state index in [9.17, 15) is 13.2 Å². The Balaban J connectivity index is 1.83. The second kappa shape index (κ2) is 11.5. The van der Waals surface area contributed by atoms with Gasteiger partial charge in [0.25, 0.3) is 15.9 Å². The molecule has 8 nitrogen and oxygen atoms in total. The number of hydrogen-bond acceptors (Lipinski definition) is 6. The van der Waals surface area contributed by atoms with Crippen LogP contribution in [0.3, 0.4) is 0 Å². The zero-order chi connectivity index (χ0) is 25.4. The van der Waals surface area contributed by atoms with Crippen LogP contribution in [-0.4, -0.2) is 40.3 Å². The van der Waals surface area contributed by atoms with Crippen LogP contribution in [0.4, 0.5) is 5.69 Å². The van der Waals surface area contributed by atoms with E-state index in [-0.39, 0.29) is 4.90 Å². The van der Waals surface area contributed by atoms with Crippen LogP contribution in [0.1, 0.15) is 25.0 Å². The maximum Gasteiger partial charge on any atom is 0.264 e. The minimum Gasteiger partial charge on any atom is -0.497 e. The average Bonchev–Trinajstić information content (AvgIpc) is 2.87. The molecular formula is C26H29N3O5S. The van der Waals surface area contributed by atoms with Crippen LogP contribution in [0.25, 0.3) is 0 Å². The van der Waals surface area contributed by atoms with Crippen LogP contribution in [0.15, 0.2) is 82.8 Å². The van der Waals surface area contributed by atoms with Gasteiger partial charge in [0.15, 0.2) is 0 Å². The molecule has 0 saturated carbocycles. The molecule has 0 heterocycles. The fourth-order valence-corrected chi connectivity index (χ4v) is 4.66. The summed E-state index contributed by atoms with van der Waals surface area (Å²) in [6.45, 7) is 5.64. The number of amides is 1. The number of aryl methyl sites for hydroxylation is 1. The number of carbonyl (C=O) groups excluding carboxylic acids is 1. The number of carbonyl (C=O) groups is 1. The quantitative estimate of drug-likeness (QED) is 0.337. The number of methoxy groups -OCH3 is 1. The predicted octanol–water partition coefficient (Wildman–Crippen LogP) is 4.14. The number of sulfonamides is 1. The fraction of sp³-hybridized carbons (Fsp3) is 0.231. The van der Waals surface area contributed by atoms with Gasteiger partial charge in [-0.15, -0.1) is 0 Å². The van der Waals surface area contributed by atoms with Gasteiger partial charge >= 0.3 is 0 Å². The number of hydrogen-bond donors (Lipinski definition) is 1. The fourth-order valence-electron chi connectivity index (χ4n) is 3.24. The first kappa shape index (κ1) is 25.8. The molecule has 0 fully saturated rings. The van der Waals surface area contributed by atoms with Gasteiger partial charge in [-0.2, -0.15) is 5.10 Å². The standard InChI is InChI=1S/C26H29N3O5S/c1-5-34-24-12-8-21(9-13-24)20(3)27-28-26(30)18-29(22-10-14-23(33-4)15-11-22)35(31,32)25-16-6-19(2)7-17-25/h6-17H,5,18H2,1-4H3,(H,28,30)/b27-20-. The van der Waals surface area contributed by atoms with E-state index < -0.39 is 22.5 Å². The molecule has 0 aliphatic carbocycles. The van der Waals surface area contributed by atoms with Crippen LogP contribution >= 0.6 is 0 Å². The maximum absolute atomic E-state index is 13.4. The molecule has 0 spiro atoms. The van der Waals surface area contributed by atoms with E-state index >= 15 is 0 Å². The van der Waals surface area contributed by atoms with Crippen LogP contribution in [-0.2, 0) is 14.8 Å². The normalized spacial score (nSPS) is 11.6. The van der Waals surface area contributed by atoms with Crippen LogP contribution in [0.2, 0.25) is 0 Å². The van der Waals surface area contributed by atoms with Gasteiger partial charge in [-0.3, -0.25) is 9.10 Å². The van der Waals surface area contributed by atoms with E-state index in [1.165, 1.54) is 19.2 Å². The third kappa shape index (κ3) is 6.60. The third-order valence-corrected chi connectivity index (χ3v) is 6.98. The Bertz CT molecular complexity index is 1270. The molecule has 0 atom stereocenters. The number of nitrogens with one attached hydrogen (secondary N) is 1. The van der Waals surface area contributed by atoms with Gasteiger partial charge in [-0.1, -0.05) is 17.7 Å². The van der Waals surface area contributed by atoms with Gasteiger partial charge in [-0.05, 0) is 87.0 Å². The summed E-state index contributed by atoms with van der Waals surface area (Å²) in [4.78, 5) is 12.9. The van der Waals surface area contributed by atoms with E-state index in [0.717, 1.165) is 21.2 Å². The lowest BCUT2D eigenvalue weighted by atomic mass is 10.1. The first-order valence-electron chi connectivity index (χ1n) is 11.0. The van der Waals surface area contributed by atoms with E-state index in [1.54, 1.807) is 43.3 Å². The minimum atomic E-state index is -4.02. The van der Waals surface area contributed by atoms with Crippen molar-refractivity contribution in [1.82, 2.24) is 5.43 Å². The Hall–Kier alpha value is -3.85. The van der Waals surface area contributed by atoms with Crippen LogP contribution in [0, 0.1) is 6.92 Å². The molecule has 0 unspecified atom stereocenters. The molecule has 1 N–H and O–H groups in total. The number of ether oxygens (including phenoxy) is 2. The highest BCUT2D eigenvalue weighted by atomic mass is 32.2. The topological polar surface area (TPSA) is 97.3 Å². The number of hydrazone groups is 1. The molecule has 0 aromatic heterocycles. The monoisotopic (exact) mass is 495 g/mol. The van der Waals surface area contributed by atoms with Crippen molar-refractivity contribution in [1.29, 1.82) is 0 Å². The smallest absolute Gasteiger partial charge is 0.264 e. The maximum atomic E-state index is 13.4. The van der Waals surface area contributed by atoms with E-state index in [2.05, 4.69) is 10.5 Å². The van der Waals surface area contributed by atoms with Gasteiger partial charge in [0, 0.05) is 0 Å². The van der Waals surface area contributed by atoms with E-state index in [1.807, 2.05) is 38.1 Å². The van der Waals surface area contributed by atoms with Gasteiger partial charge < -0.3 is 9.47 Å². The molecular weight excluding hydrogens is 466 g/mol. The van der Waals surface area contributed by atoms with Crippen LogP contribution in [0.5, 0.6) is 11.5 Å². The van der Waals surface area contributed by atoms with Crippen molar-refractivity contribution in [2.24, 2.45) is 5.10 Å². The molecule has 0 saturated heterocycles. The number of rotatable bonds is 10. The van der Waals surface area contributed by atoms with Crippen molar-refractivity contribution in [2.75, 3.05) is 24.6 Å². The summed E-state index contributed by atoms with van der Waals surface area (Å²) in [5.74, 6) is 0.729. The average molecular weight is 496 g/mol. The lowest BCUT2D eigenvalue weighted by molar-refractivity contribution is -0.119. The summed E-state index contributed by atoms with van der Waals surface area (Å²) in [7, 11) is -2.50. The molecule has 0 bridgehead atoms. The summed E-state index contributed by atoms with van der Waals surface area (Å²) in [5, 5.41) is 4.15. The van der Waals surface area contributed by atoms with E-state index in [0.29, 0.717) is 23.8 Å². The largest absolute Gasteiger partial charge is 0.497 e. The molecule has 1 amide bonds. The first-order valence-corrected chi connectivity index (χ1v) is 12.5. The van der Waals surface area contributed by atoms with Crippen molar-refractivity contribution in [3.63, 3.8) is 0 Å². The summed E-state index contributed by atoms with van der Waals surface area (Å²) < 4.78 is 38.5. The Kier molecular flexibility index (Phi) is 8.48. The minimum absolute atomic E-state index is 0.0841. The van der Waals surface area contributed by atoms with Crippen molar-refractivity contribution in [3.05, 3.63) is 83.9 Å². The molecule has 0 aliphatic heterocycles. The molecule has 3 rings (SSSR count). The van der Waals surface area contributed by atoms with E-state index in [4.69, 9.17) is 9.47 Å². The highest BCUT2D eigenvalue weighted by Gasteiger charge is 2.27. The second-order valence-corrected chi connectivity index (χ2v) is 9.57. The Morgan fingerprint density at radius 3 is 2.11 bits per heavy atom. The summed E-state index contributed by atoms with van der Waals surface area (Å²) in [6.07, 6.45) is 0. The Morgan fingerprint density at radius 1 is 0.943 bits per heavy atom. The molecule has 9 heteroatoms. The lowest BCUT2D eigenvalue weighted by Crippen LogP contribution is -2.39. The molecule has 3 aromatic carbocycles. The zero-order valence-corrected chi connectivity index (χ0v) is 21.0. The van der Waals surface area contributed by atoms with Crippen molar-refractivity contribution < 1.29 is 22.7 Å². The van der Waals surface area contributed by atoms with Gasteiger partial charge in [0.2, 0.25) is 0 Å². The van der Waals surface area contributed by atoms with Crippen molar-refractivity contribution in [2.45, 2.75) is 25.7 Å². The Morgan fingerprint density at radius 2 is 1.54 bits per heavy atom. The molecule has 0 radical (unpaired) electrons. The zero-order valence-electron chi connectivity index (χ0n) is 20.2. The van der Waals surface area contributed by atoms with Crippen molar-refractivity contribution >= 4 is 27.3 Å². The van der Waals surface area contributed by atoms with Crippen LogP contribution < -0.4 is 19.2 Å². The summed E-state index contributed by atoms with van der Waals surface area (Å²) in [5.41, 5.74) is 5.09. The highest BCUT2D eigenvalue weighted by molar-refractivity contribution is 7.92. The number of benzene rings is 3. The summed E-state index contributed by atoms with van der Waals surface area (Å²) in [6, 6.07) is 20.2. The summed E-state index contributed by atoms with van der Waals surface area (Å²) >= 11 is 0. The first-order chi connectivity index (χ1) is 16.7. The predicted molar refractivity (Wildman–Crippen MR) is 137 cm³/mol. The third-order valence-electron chi connectivity index (χ3n) is 5.19. The molecule has 3 aromatic rings. The lowest BCUT2D eigenvalue weighted by Gasteiger charge is -2.24. The molecule has 0 aliphatic rings. The van der Waals surface area contributed by atoms with Gasteiger partial charge in [-0.25, -0.2) is 13.8 Å². The Labute approximate surface area is 206 Å². The highest BCUT2D eigenvalue weighted by Crippen LogP contribution is 2.26.